The Hall–Kier alpha value is -0.440. The molecular weight excluding hydrogens is 150 g/mol. The zero-order chi connectivity index (χ0) is 9.28. The first kappa shape index (κ1) is 10.6. The number of hydrogen-bond acceptors (Lipinski definition) is 1. The van der Waals surface area contributed by atoms with Crippen LogP contribution in [0.25, 0.3) is 0 Å². The molecule has 0 spiro atoms. The van der Waals surface area contributed by atoms with E-state index in [-0.39, 0.29) is 0 Å². The van der Waals surface area contributed by atoms with Crippen molar-refractivity contribution in [2.24, 2.45) is 5.41 Å². The first-order chi connectivity index (χ1) is 4.72. The van der Waals surface area contributed by atoms with Gasteiger partial charge in [0.1, 0.15) is 6.10 Å². The molecule has 0 bridgehead atoms. The molecule has 0 aliphatic heterocycles. The molecule has 1 N–H and O–H groups in total. The summed E-state index contributed by atoms with van der Waals surface area (Å²) in [5, 5.41) is 9.09. The minimum absolute atomic E-state index is 0.475. The molecule has 0 heterocycles. The predicted octanol–water partition coefficient (Wildman–Crippen LogP) is 2.21. The average molecular weight is 164 g/mol. The van der Waals surface area contributed by atoms with Crippen LogP contribution in [0.3, 0.4) is 0 Å². The molecule has 1 atom stereocenters. The van der Waals surface area contributed by atoms with Crippen LogP contribution in [0.4, 0.5) is 8.78 Å². The van der Waals surface area contributed by atoms with Crippen molar-refractivity contribution < 1.29 is 13.9 Å². The molecule has 0 aromatic carbocycles. The van der Waals surface area contributed by atoms with Gasteiger partial charge in [-0.05, 0) is 11.5 Å². The number of aliphatic hydroxyl groups excluding tert-OH is 1. The van der Waals surface area contributed by atoms with E-state index in [1.807, 2.05) is 0 Å². The Morgan fingerprint density at radius 2 is 1.73 bits per heavy atom. The second kappa shape index (κ2) is 2.89. The Bertz CT molecular complexity index is 147. The topological polar surface area (TPSA) is 20.2 Å². The van der Waals surface area contributed by atoms with E-state index in [9.17, 15) is 8.78 Å². The van der Waals surface area contributed by atoms with Gasteiger partial charge in [0.15, 0.2) is 0 Å². The lowest BCUT2D eigenvalue weighted by Crippen LogP contribution is -2.41. The second-order valence-corrected chi connectivity index (χ2v) is 3.65. The van der Waals surface area contributed by atoms with E-state index in [2.05, 4.69) is 6.58 Å². The predicted molar refractivity (Wildman–Crippen MR) is 40.6 cm³/mol. The van der Waals surface area contributed by atoms with Crippen molar-refractivity contribution in [3.05, 3.63) is 12.7 Å². The van der Waals surface area contributed by atoms with E-state index >= 15 is 0 Å². The SMILES string of the molecule is C=CC(F)(F)[C@@H](O)C(C)(C)C. The fourth-order valence-electron chi connectivity index (χ4n) is 0.689. The molecule has 3 heteroatoms. The number of halogens is 2. The summed E-state index contributed by atoms with van der Waals surface area (Å²) in [6, 6.07) is 0. The van der Waals surface area contributed by atoms with Crippen molar-refractivity contribution in [1.29, 1.82) is 0 Å². The molecule has 0 radical (unpaired) electrons. The Kier molecular flexibility index (Phi) is 2.78. The van der Waals surface area contributed by atoms with Gasteiger partial charge in [0, 0.05) is 0 Å². The van der Waals surface area contributed by atoms with E-state index in [1.54, 1.807) is 20.8 Å². The fourth-order valence-corrected chi connectivity index (χ4v) is 0.689. The maximum absolute atomic E-state index is 12.7. The second-order valence-electron chi connectivity index (χ2n) is 3.65. The maximum atomic E-state index is 12.7. The first-order valence-electron chi connectivity index (χ1n) is 3.41. The van der Waals surface area contributed by atoms with Crippen molar-refractivity contribution >= 4 is 0 Å². The van der Waals surface area contributed by atoms with Crippen LogP contribution in [0, 0.1) is 5.41 Å². The summed E-state index contributed by atoms with van der Waals surface area (Å²) in [4.78, 5) is 0. The molecule has 0 fully saturated rings. The van der Waals surface area contributed by atoms with Gasteiger partial charge in [0.25, 0.3) is 5.92 Å². The highest BCUT2D eigenvalue weighted by molar-refractivity contribution is 4.97. The number of aliphatic hydroxyl groups is 1. The summed E-state index contributed by atoms with van der Waals surface area (Å²) in [5.74, 6) is -3.20. The van der Waals surface area contributed by atoms with E-state index in [0.29, 0.717) is 6.08 Å². The summed E-state index contributed by atoms with van der Waals surface area (Å²) >= 11 is 0. The highest BCUT2D eigenvalue weighted by atomic mass is 19.3. The van der Waals surface area contributed by atoms with Crippen LogP contribution in [-0.2, 0) is 0 Å². The quantitative estimate of drug-likeness (QED) is 0.620. The van der Waals surface area contributed by atoms with E-state index in [0.717, 1.165) is 0 Å². The van der Waals surface area contributed by atoms with E-state index in [1.165, 1.54) is 0 Å². The lowest BCUT2D eigenvalue weighted by atomic mass is 9.85. The van der Waals surface area contributed by atoms with Crippen LogP contribution in [0.1, 0.15) is 20.8 Å². The third-order valence-corrected chi connectivity index (χ3v) is 1.46. The summed E-state index contributed by atoms with van der Waals surface area (Å²) in [5.41, 5.74) is -0.822. The van der Waals surface area contributed by atoms with Gasteiger partial charge in [-0.3, -0.25) is 0 Å². The monoisotopic (exact) mass is 164 g/mol. The number of hydrogen-bond donors (Lipinski definition) is 1. The van der Waals surface area contributed by atoms with Gasteiger partial charge in [-0.2, -0.15) is 8.78 Å². The lowest BCUT2D eigenvalue weighted by molar-refractivity contribution is -0.116. The van der Waals surface area contributed by atoms with Gasteiger partial charge in [-0.15, -0.1) is 0 Å². The Balaban J connectivity index is 4.48. The molecule has 0 aromatic heterocycles. The van der Waals surface area contributed by atoms with Crippen LogP contribution in [0.2, 0.25) is 0 Å². The smallest absolute Gasteiger partial charge is 0.292 e. The number of rotatable bonds is 2. The van der Waals surface area contributed by atoms with Gasteiger partial charge >= 0.3 is 0 Å². The van der Waals surface area contributed by atoms with Crippen LogP contribution in [0.5, 0.6) is 0 Å². The zero-order valence-electron chi connectivity index (χ0n) is 7.06. The molecule has 0 amide bonds. The molecule has 0 aliphatic rings. The Morgan fingerprint density at radius 1 is 1.36 bits per heavy atom. The van der Waals surface area contributed by atoms with Crippen molar-refractivity contribution in [3.8, 4) is 0 Å². The summed E-state index contributed by atoms with van der Waals surface area (Å²) in [6.07, 6.45) is -1.20. The summed E-state index contributed by atoms with van der Waals surface area (Å²) in [6.45, 7) is 7.61. The van der Waals surface area contributed by atoms with Crippen molar-refractivity contribution in [2.45, 2.75) is 32.8 Å². The minimum Gasteiger partial charge on any atom is -0.386 e. The molecule has 0 saturated carbocycles. The van der Waals surface area contributed by atoms with Crippen LogP contribution >= 0.6 is 0 Å². The minimum atomic E-state index is -3.20. The third-order valence-electron chi connectivity index (χ3n) is 1.46. The van der Waals surface area contributed by atoms with Crippen LogP contribution in [-0.4, -0.2) is 17.1 Å². The fraction of sp³-hybridized carbons (Fsp3) is 0.750. The third kappa shape index (κ3) is 2.58. The first-order valence-corrected chi connectivity index (χ1v) is 3.41. The van der Waals surface area contributed by atoms with Crippen molar-refractivity contribution in [2.75, 3.05) is 0 Å². The summed E-state index contributed by atoms with van der Waals surface area (Å²) in [7, 11) is 0. The van der Waals surface area contributed by atoms with Gasteiger partial charge in [-0.25, -0.2) is 0 Å². The molecular formula is C8H14F2O. The molecule has 11 heavy (non-hydrogen) atoms. The molecule has 0 aliphatic carbocycles. The molecule has 66 valence electrons. The zero-order valence-corrected chi connectivity index (χ0v) is 7.06. The standard InChI is InChI=1S/C8H14F2O/c1-5-8(9,10)6(11)7(2,3)4/h5-6,11H,1H2,2-4H3/t6-/m0/s1. The molecule has 1 nitrogen and oxygen atoms in total. The largest absolute Gasteiger partial charge is 0.386 e. The molecule has 0 unspecified atom stereocenters. The van der Waals surface area contributed by atoms with Crippen molar-refractivity contribution in [3.63, 3.8) is 0 Å². The van der Waals surface area contributed by atoms with Gasteiger partial charge in [-0.1, -0.05) is 27.4 Å². The highest BCUT2D eigenvalue weighted by Gasteiger charge is 2.42. The molecule has 0 saturated heterocycles. The van der Waals surface area contributed by atoms with Gasteiger partial charge in [0.05, 0.1) is 0 Å². The average Bonchev–Trinajstić information content (AvgIpc) is 1.84. The van der Waals surface area contributed by atoms with Crippen LogP contribution in [0.15, 0.2) is 12.7 Å². The summed E-state index contributed by atoms with van der Waals surface area (Å²) < 4.78 is 25.3. The maximum Gasteiger partial charge on any atom is 0.292 e. The number of alkyl halides is 2. The Labute approximate surface area is 65.7 Å². The van der Waals surface area contributed by atoms with Gasteiger partial charge < -0.3 is 5.11 Å². The Morgan fingerprint density at radius 3 is 1.82 bits per heavy atom. The van der Waals surface area contributed by atoms with Crippen LogP contribution < -0.4 is 0 Å². The van der Waals surface area contributed by atoms with Crippen molar-refractivity contribution in [1.82, 2.24) is 0 Å². The van der Waals surface area contributed by atoms with Gasteiger partial charge in [0.2, 0.25) is 0 Å². The van der Waals surface area contributed by atoms with E-state index < -0.39 is 17.4 Å². The normalized spacial score (nSPS) is 16.2. The molecule has 0 aromatic rings. The molecule has 0 rings (SSSR count). The van der Waals surface area contributed by atoms with E-state index in [4.69, 9.17) is 5.11 Å². The highest BCUT2D eigenvalue weighted by Crippen LogP contribution is 2.32. The lowest BCUT2D eigenvalue weighted by Gasteiger charge is -2.30.